The molecule has 2 atom stereocenters. The summed E-state index contributed by atoms with van der Waals surface area (Å²) >= 11 is 0. The van der Waals surface area contributed by atoms with Crippen LogP contribution in [0.3, 0.4) is 0 Å². The Morgan fingerprint density at radius 1 is 1.30 bits per heavy atom. The summed E-state index contributed by atoms with van der Waals surface area (Å²) in [6, 6.07) is 10.5. The van der Waals surface area contributed by atoms with Gasteiger partial charge >= 0.3 is 0 Å². The van der Waals surface area contributed by atoms with E-state index in [-0.39, 0.29) is 11.3 Å². The van der Waals surface area contributed by atoms with Gasteiger partial charge in [-0.3, -0.25) is 4.79 Å². The topological polar surface area (TPSA) is 58.4 Å². The van der Waals surface area contributed by atoms with E-state index in [1.165, 1.54) is 5.56 Å². The Morgan fingerprint density at radius 2 is 2.03 bits per heavy atom. The number of carbonyl (C=O) groups excluding carboxylic acids is 1. The van der Waals surface area contributed by atoms with Crippen molar-refractivity contribution in [3.8, 4) is 23.7 Å². The summed E-state index contributed by atoms with van der Waals surface area (Å²) in [6.45, 7) is 8.81. The first kappa shape index (κ1) is 22.1. The highest BCUT2D eigenvalue weighted by atomic mass is 16.5. The number of nitrogens with zero attached hydrogens (tertiary/aromatic N) is 2. The summed E-state index contributed by atoms with van der Waals surface area (Å²) in [5, 5.41) is 7.77. The van der Waals surface area contributed by atoms with Crippen LogP contribution in [0.1, 0.15) is 44.9 Å². The molecule has 0 aliphatic carbocycles. The van der Waals surface area contributed by atoms with Crippen molar-refractivity contribution in [2.24, 2.45) is 11.8 Å². The molecule has 0 bridgehead atoms. The van der Waals surface area contributed by atoms with E-state index in [1.807, 2.05) is 6.07 Å². The maximum Gasteiger partial charge on any atom is 0.223 e. The third kappa shape index (κ3) is 5.52. The van der Waals surface area contributed by atoms with E-state index in [0.717, 1.165) is 42.9 Å². The van der Waals surface area contributed by atoms with E-state index in [1.54, 1.807) is 11.9 Å². The maximum atomic E-state index is 12.5. The van der Waals surface area contributed by atoms with Crippen LogP contribution < -0.4 is 5.32 Å². The number of benzene rings is 1. The summed E-state index contributed by atoms with van der Waals surface area (Å²) in [5.41, 5.74) is 3.39. The molecule has 5 nitrogen and oxygen atoms in total. The van der Waals surface area contributed by atoms with Crippen molar-refractivity contribution >= 4 is 5.91 Å². The van der Waals surface area contributed by atoms with Gasteiger partial charge in [0.15, 0.2) is 5.76 Å². The second-order valence-electron chi connectivity index (χ2n) is 9.38. The van der Waals surface area contributed by atoms with Crippen molar-refractivity contribution in [3.05, 3.63) is 41.6 Å². The highest BCUT2D eigenvalue weighted by Crippen LogP contribution is 2.29. The smallest absolute Gasteiger partial charge is 0.223 e. The molecular formula is C25H33N3O2. The van der Waals surface area contributed by atoms with E-state index < -0.39 is 0 Å². The Morgan fingerprint density at radius 3 is 2.70 bits per heavy atom. The van der Waals surface area contributed by atoms with Gasteiger partial charge in [0.1, 0.15) is 0 Å². The number of hydrogen-bond acceptors (Lipinski definition) is 4. The maximum absolute atomic E-state index is 12.5. The molecule has 2 heterocycles. The average Bonchev–Trinajstić information content (AvgIpc) is 3.17. The molecule has 1 N–H and O–H groups in total. The Hall–Kier alpha value is -2.58. The van der Waals surface area contributed by atoms with Gasteiger partial charge < -0.3 is 14.7 Å². The molecule has 0 saturated carbocycles. The first-order valence-electron chi connectivity index (χ1n) is 10.7. The predicted molar refractivity (Wildman–Crippen MR) is 120 cm³/mol. The van der Waals surface area contributed by atoms with Crippen LogP contribution in [0.4, 0.5) is 0 Å². The van der Waals surface area contributed by atoms with Crippen molar-refractivity contribution in [1.82, 2.24) is 15.4 Å². The Balaban J connectivity index is 1.66. The number of amides is 1. The first-order valence-corrected chi connectivity index (χ1v) is 10.7. The minimum Gasteiger partial charge on any atom is -0.356 e. The normalized spacial score (nSPS) is 19.3. The molecule has 1 saturated heterocycles. The number of nitrogens with one attached hydrogen (secondary N) is 1. The van der Waals surface area contributed by atoms with Crippen LogP contribution in [0.2, 0.25) is 0 Å². The molecule has 0 radical (unpaired) electrons. The summed E-state index contributed by atoms with van der Waals surface area (Å²) < 4.78 is 5.64. The fourth-order valence-corrected chi connectivity index (χ4v) is 4.04. The van der Waals surface area contributed by atoms with Gasteiger partial charge in [0.05, 0.1) is 12.2 Å². The van der Waals surface area contributed by atoms with Crippen LogP contribution in [0.25, 0.3) is 11.3 Å². The molecule has 1 aliphatic rings. The number of piperidine rings is 1. The Kier molecular flexibility index (Phi) is 6.99. The molecule has 2 aromatic rings. The fraction of sp³-hybridized carbons (Fsp3) is 0.520. The SMILES string of the molecule is C#CCN(C)C(=O)C[C@@H]1CCNC[C@H]1Cc1cc(-c2ccc(C(C)(C)C)cc2)on1. The molecule has 1 amide bonds. The predicted octanol–water partition coefficient (Wildman–Crippen LogP) is 3.89. The molecule has 160 valence electrons. The molecule has 1 aliphatic heterocycles. The first-order chi connectivity index (χ1) is 14.3. The largest absolute Gasteiger partial charge is 0.356 e. The van der Waals surface area contributed by atoms with Crippen LogP contribution in [0.15, 0.2) is 34.9 Å². The summed E-state index contributed by atoms with van der Waals surface area (Å²) in [7, 11) is 1.77. The lowest BCUT2D eigenvalue weighted by Gasteiger charge is -2.32. The summed E-state index contributed by atoms with van der Waals surface area (Å²) in [5.74, 6) is 4.11. The summed E-state index contributed by atoms with van der Waals surface area (Å²) in [4.78, 5) is 14.1. The number of hydrogen-bond donors (Lipinski definition) is 1. The minimum atomic E-state index is 0.115. The van der Waals surface area contributed by atoms with Gasteiger partial charge in [0, 0.05) is 25.1 Å². The molecular weight excluding hydrogens is 374 g/mol. The third-order valence-corrected chi connectivity index (χ3v) is 6.02. The quantitative estimate of drug-likeness (QED) is 0.738. The van der Waals surface area contributed by atoms with E-state index >= 15 is 0 Å². The number of aromatic nitrogens is 1. The highest BCUT2D eigenvalue weighted by Gasteiger charge is 2.29. The molecule has 0 spiro atoms. The average molecular weight is 408 g/mol. The zero-order valence-electron chi connectivity index (χ0n) is 18.6. The lowest BCUT2D eigenvalue weighted by molar-refractivity contribution is -0.131. The zero-order chi connectivity index (χ0) is 21.7. The molecule has 1 fully saturated rings. The number of terminal acetylenes is 1. The second-order valence-corrected chi connectivity index (χ2v) is 9.38. The molecule has 30 heavy (non-hydrogen) atoms. The van der Waals surface area contributed by atoms with Crippen molar-refractivity contribution in [2.75, 3.05) is 26.7 Å². The monoisotopic (exact) mass is 407 g/mol. The van der Waals surface area contributed by atoms with Gasteiger partial charge in [-0.2, -0.15) is 0 Å². The highest BCUT2D eigenvalue weighted by molar-refractivity contribution is 5.76. The molecule has 1 aromatic heterocycles. The Labute approximate surface area is 180 Å². The number of carbonyl (C=O) groups is 1. The van der Waals surface area contributed by atoms with Crippen molar-refractivity contribution in [1.29, 1.82) is 0 Å². The standard InChI is InChI=1S/C25H33N3O2/c1-6-13-28(5)24(29)15-19-11-12-26-17-20(19)14-22-16-23(30-27-22)18-7-9-21(10-8-18)25(2,3)4/h1,7-10,16,19-20,26H,11-15,17H2,2-5H3/t19-,20+/m0/s1. The second kappa shape index (κ2) is 9.49. The van der Waals surface area contributed by atoms with Crippen molar-refractivity contribution in [2.45, 2.75) is 45.4 Å². The summed E-state index contributed by atoms with van der Waals surface area (Å²) in [6.07, 6.45) is 7.65. The van der Waals surface area contributed by atoms with Gasteiger partial charge in [-0.1, -0.05) is 56.1 Å². The molecule has 3 rings (SSSR count). The van der Waals surface area contributed by atoms with Crippen LogP contribution in [-0.4, -0.2) is 42.6 Å². The fourth-order valence-electron chi connectivity index (χ4n) is 4.04. The van der Waals surface area contributed by atoms with Crippen LogP contribution >= 0.6 is 0 Å². The van der Waals surface area contributed by atoms with Crippen LogP contribution in [0, 0.1) is 24.2 Å². The van der Waals surface area contributed by atoms with Gasteiger partial charge in [-0.15, -0.1) is 6.42 Å². The molecule has 5 heteroatoms. The van der Waals surface area contributed by atoms with Gasteiger partial charge in [-0.05, 0) is 48.7 Å². The number of rotatable bonds is 6. The van der Waals surface area contributed by atoms with E-state index in [9.17, 15) is 4.79 Å². The van der Waals surface area contributed by atoms with E-state index in [4.69, 9.17) is 10.9 Å². The van der Waals surface area contributed by atoms with Gasteiger partial charge in [0.2, 0.25) is 5.91 Å². The van der Waals surface area contributed by atoms with Crippen LogP contribution in [0.5, 0.6) is 0 Å². The molecule has 1 aromatic carbocycles. The van der Waals surface area contributed by atoms with Crippen molar-refractivity contribution < 1.29 is 9.32 Å². The van der Waals surface area contributed by atoms with Gasteiger partial charge in [0.25, 0.3) is 0 Å². The zero-order valence-corrected chi connectivity index (χ0v) is 18.6. The van der Waals surface area contributed by atoms with Crippen molar-refractivity contribution in [3.63, 3.8) is 0 Å². The van der Waals surface area contributed by atoms with Gasteiger partial charge in [-0.25, -0.2) is 0 Å². The van der Waals surface area contributed by atoms with Crippen LogP contribution in [-0.2, 0) is 16.6 Å². The minimum absolute atomic E-state index is 0.115. The molecule has 0 unspecified atom stereocenters. The lowest BCUT2D eigenvalue weighted by Crippen LogP contribution is -2.40. The van der Waals surface area contributed by atoms with E-state index in [2.05, 4.69) is 61.4 Å². The third-order valence-electron chi connectivity index (χ3n) is 6.02. The van der Waals surface area contributed by atoms with E-state index in [0.29, 0.717) is 24.8 Å². The lowest BCUT2D eigenvalue weighted by atomic mass is 9.81. The Bertz CT molecular complexity index is 886.